The fraction of sp³-hybridized carbons (Fsp3) is 0.333. The summed E-state index contributed by atoms with van der Waals surface area (Å²) >= 11 is 0. The van der Waals surface area contributed by atoms with Crippen LogP contribution in [-0.2, 0) is 10.2 Å². The number of nitrogens with one attached hydrogen (secondary N) is 1. The fourth-order valence-corrected chi connectivity index (χ4v) is 1.13. The summed E-state index contributed by atoms with van der Waals surface area (Å²) in [4.78, 5) is 7.49. The molecule has 0 fully saturated rings. The third-order valence-corrected chi connectivity index (χ3v) is 2.71. The molecule has 0 bridgehead atoms. The lowest BCUT2D eigenvalue weighted by atomic mass is 10.7. The van der Waals surface area contributed by atoms with Gasteiger partial charge >= 0.3 is 10.2 Å². The maximum absolute atomic E-state index is 11.2. The Morgan fingerprint density at radius 3 is 2.54 bits per heavy atom. The van der Waals surface area contributed by atoms with Gasteiger partial charge in [0.1, 0.15) is 0 Å². The van der Waals surface area contributed by atoms with Gasteiger partial charge in [-0.2, -0.15) is 12.7 Å². The molecule has 0 unspecified atom stereocenters. The van der Waals surface area contributed by atoms with Gasteiger partial charge in [-0.25, -0.2) is 4.98 Å². The summed E-state index contributed by atoms with van der Waals surface area (Å²) in [6.07, 6.45) is 4.21. The molecule has 0 aliphatic rings. The smallest absolute Gasteiger partial charge is 0.259 e. The topological polar surface area (TPSA) is 75.2 Å². The van der Waals surface area contributed by atoms with E-state index in [1.54, 1.807) is 0 Å². The van der Waals surface area contributed by atoms with E-state index in [1.165, 1.54) is 32.7 Å². The summed E-state index contributed by atoms with van der Waals surface area (Å²) in [6, 6.07) is 0. The number of hydrogen-bond acceptors (Lipinski definition) is 4. The minimum absolute atomic E-state index is 0.205. The summed E-state index contributed by atoms with van der Waals surface area (Å²) in [5.41, 5.74) is 0. The summed E-state index contributed by atoms with van der Waals surface area (Å²) < 4.78 is 25.8. The lowest BCUT2D eigenvalue weighted by molar-refractivity contribution is 0.526. The average Bonchev–Trinajstić information content (AvgIpc) is 2.05. The van der Waals surface area contributed by atoms with Crippen LogP contribution in [0, 0.1) is 0 Å². The molecule has 72 valence electrons. The highest BCUT2D eigenvalue weighted by atomic mass is 32.2. The monoisotopic (exact) mass is 202 g/mol. The van der Waals surface area contributed by atoms with E-state index in [0.717, 1.165) is 4.31 Å². The highest BCUT2D eigenvalue weighted by Crippen LogP contribution is 2.02. The van der Waals surface area contributed by atoms with E-state index in [1.807, 2.05) is 0 Å². The lowest BCUT2D eigenvalue weighted by Gasteiger charge is -2.11. The minimum Gasteiger partial charge on any atom is -0.259 e. The molecule has 0 aliphatic carbocycles. The summed E-state index contributed by atoms with van der Waals surface area (Å²) in [5, 5.41) is 0. The number of anilines is 1. The molecule has 1 heterocycles. The Hall–Kier alpha value is -1.21. The molecule has 1 aromatic rings. The van der Waals surface area contributed by atoms with E-state index >= 15 is 0 Å². The zero-order valence-corrected chi connectivity index (χ0v) is 8.11. The zero-order chi connectivity index (χ0) is 9.90. The molecule has 1 N–H and O–H groups in total. The zero-order valence-electron chi connectivity index (χ0n) is 7.30. The van der Waals surface area contributed by atoms with Crippen molar-refractivity contribution in [1.29, 1.82) is 0 Å². The SMILES string of the molecule is CN(C)S(=O)(=O)Nc1cnccn1. The first-order chi connectivity index (χ1) is 6.02. The van der Waals surface area contributed by atoms with Gasteiger partial charge in [0.05, 0.1) is 6.20 Å². The van der Waals surface area contributed by atoms with Crippen LogP contribution in [0.1, 0.15) is 0 Å². The molecular weight excluding hydrogens is 192 g/mol. The van der Waals surface area contributed by atoms with Gasteiger partial charge in [-0.3, -0.25) is 9.71 Å². The molecule has 0 amide bonds. The van der Waals surface area contributed by atoms with Crippen LogP contribution in [0.25, 0.3) is 0 Å². The molecular formula is C6H10N4O2S. The third-order valence-electron chi connectivity index (χ3n) is 1.28. The van der Waals surface area contributed by atoms with E-state index in [9.17, 15) is 8.42 Å². The van der Waals surface area contributed by atoms with E-state index < -0.39 is 10.2 Å². The van der Waals surface area contributed by atoms with Gasteiger partial charge in [-0.1, -0.05) is 0 Å². The van der Waals surface area contributed by atoms with Crippen molar-refractivity contribution >= 4 is 16.0 Å². The molecule has 6 nitrogen and oxygen atoms in total. The minimum atomic E-state index is -3.47. The van der Waals surface area contributed by atoms with Crippen LogP contribution in [-0.4, -0.2) is 36.8 Å². The number of aromatic nitrogens is 2. The molecule has 0 aromatic carbocycles. The van der Waals surface area contributed by atoms with Crippen LogP contribution in [0.3, 0.4) is 0 Å². The molecule has 1 rings (SSSR count). The van der Waals surface area contributed by atoms with Gasteiger partial charge in [-0.15, -0.1) is 0 Å². The molecule has 0 saturated carbocycles. The first kappa shape index (κ1) is 9.87. The number of rotatable bonds is 3. The van der Waals surface area contributed by atoms with Crippen molar-refractivity contribution in [2.75, 3.05) is 18.8 Å². The quantitative estimate of drug-likeness (QED) is 0.729. The second-order valence-electron chi connectivity index (χ2n) is 2.48. The molecule has 0 saturated heterocycles. The van der Waals surface area contributed by atoms with Gasteiger partial charge in [0, 0.05) is 26.5 Å². The molecule has 0 spiro atoms. The van der Waals surface area contributed by atoms with Gasteiger partial charge in [0.2, 0.25) is 0 Å². The maximum atomic E-state index is 11.2. The Morgan fingerprint density at radius 2 is 2.08 bits per heavy atom. The van der Waals surface area contributed by atoms with Crippen molar-refractivity contribution in [3.63, 3.8) is 0 Å². The predicted octanol–water partition coefficient (Wildman–Crippen LogP) is -0.305. The van der Waals surface area contributed by atoms with Crippen molar-refractivity contribution in [1.82, 2.24) is 14.3 Å². The number of nitrogens with zero attached hydrogens (tertiary/aromatic N) is 3. The first-order valence-electron chi connectivity index (χ1n) is 3.48. The molecule has 13 heavy (non-hydrogen) atoms. The Labute approximate surface area is 76.8 Å². The van der Waals surface area contributed by atoms with E-state index in [-0.39, 0.29) is 5.82 Å². The van der Waals surface area contributed by atoms with E-state index in [0.29, 0.717) is 0 Å². The Kier molecular flexibility index (Phi) is 2.79. The first-order valence-corrected chi connectivity index (χ1v) is 4.92. The molecule has 0 atom stereocenters. The standard InChI is InChI=1S/C6H10N4O2S/c1-10(2)13(11,12)9-6-5-7-3-4-8-6/h3-5H,1-2H3,(H,8,9). The number of hydrogen-bond donors (Lipinski definition) is 1. The van der Waals surface area contributed by atoms with Crippen LogP contribution < -0.4 is 4.72 Å². The average molecular weight is 202 g/mol. The predicted molar refractivity (Wildman–Crippen MR) is 48.3 cm³/mol. The van der Waals surface area contributed by atoms with Crippen molar-refractivity contribution in [2.24, 2.45) is 0 Å². The normalized spacial score (nSPS) is 11.6. The largest absolute Gasteiger partial charge is 0.302 e. The van der Waals surface area contributed by atoms with Crippen molar-refractivity contribution in [3.05, 3.63) is 18.6 Å². The Balaban J connectivity index is 2.82. The van der Waals surface area contributed by atoms with Crippen LogP contribution in [0.4, 0.5) is 5.82 Å². The third kappa shape index (κ3) is 2.63. The Bertz CT molecular complexity index is 361. The van der Waals surface area contributed by atoms with Gasteiger partial charge in [0.25, 0.3) is 0 Å². The van der Waals surface area contributed by atoms with Crippen LogP contribution in [0.2, 0.25) is 0 Å². The van der Waals surface area contributed by atoms with E-state index in [2.05, 4.69) is 14.7 Å². The van der Waals surface area contributed by atoms with Crippen LogP contribution in [0.5, 0.6) is 0 Å². The summed E-state index contributed by atoms with van der Waals surface area (Å²) in [7, 11) is -0.612. The van der Waals surface area contributed by atoms with Gasteiger partial charge < -0.3 is 0 Å². The molecule has 0 radical (unpaired) electrons. The van der Waals surface area contributed by atoms with Gasteiger partial charge in [-0.05, 0) is 0 Å². The molecule has 1 aromatic heterocycles. The maximum Gasteiger partial charge on any atom is 0.302 e. The highest BCUT2D eigenvalue weighted by molar-refractivity contribution is 7.90. The summed E-state index contributed by atoms with van der Waals surface area (Å²) in [6.45, 7) is 0. The molecule has 0 aliphatic heterocycles. The summed E-state index contributed by atoms with van der Waals surface area (Å²) in [5.74, 6) is 0.205. The molecule has 7 heteroatoms. The second-order valence-corrected chi connectivity index (χ2v) is 4.36. The lowest BCUT2D eigenvalue weighted by Crippen LogP contribution is -2.29. The van der Waals surface area contributed by atoms with Crippen molar-refractivity contribution in [3.8, 4) is 0 Å². The van der Waals surface area contributed by atoms with Gasteiger partial charge in [0.15, 0.2) is 5.82 Å². The van der Waals surface area contributed by atoms with Crippen LogP contribution in [0.15, 0.2) is 18.6 Å². The Morgan fingerprint density at radius 1 is 1.38 bits per heavy atom. The highest BCUT2D eigenvalue weighted by Gasteiger charge is 2.12. The van der Waals surface area contributed by atoms with E-state index in [4.69, 9.17) is 0 Å². The fourth-order valence-electron chi connectivity index (χ4n) is 0.575. The van der Waals surface area contributed by atoms with Crippen molar-refractivity contribution < 1.29 is 8.42 Å². The van der Waals surface area contributed by atoms with Crippen LogP contribution >= 0.6 is 0 Å². The van der Waals surface area contributed by atoms with Crippen molar-refractivity contribution in [2.45, 2.75) is 0 Å². The second kappa shape index (κ2) is 3.67.